The third-order valence-corrected chi connectivity index (χ3v) is 7.63. The van der Waals surface area contributed by atoms with E-state index in [1.165, 1.54) is 43.6 Å². The molecule has 0 spiro atoms. The highest BCUT2D eigenvalue weighted by molar-refractivity contribution is 7.10. The molecule has 6 nitrogen and oxygen atoms in total. The monoisotopic (exact) mass is 434 g/mol. The molecule has 3 saturated heterocycles. The molecule has 3 aliphatic rings. The van der Waals surface area contributed by atoms with Crippen LogP contribution in [0.4, 0.5) is 0 Å². The number of ether oxygens (including phenoxy) is 2. The van der Waals surface area contributed by atoms with Crippen molar-refractivity contribution in [2.24, 2.45) is 4.99 Å². The highest BCUT2D eigenvalue weighted by Gasteiger charge is 2.27. The molecule has 0 amide bonds. The number of guanidine groups is 1. The maximum atomic E-state index is 6.18. The van der Waals surface area contributed by atoms with E-state index in [2.05, 4.69) is 37.6 Å². The van der Waals surface area contributed by atoms with Gasteiger partial charge in [-0.2, -0.15) is 0 Å². The number of nitrogens with zero attached hydrogens (tertiary/aromatic N) is 3. The van der Waals surface area contributed by atoms with Gasteiger partial charge in [0.05, 0.1) is 24.9 Å². The predicted octanol–water partition coefficient (Wildman–Crippen LogP) is 3.51. The number of thiophene rings is 1. The molecule has 1 aromatic rings. The first-order valence-corrected chi connectivity index (χ1v) is 12.7. The number of hydrogen-bond acceptors (Lipinski definition) is 5. The molecule has 4 heterocycles. The van der Waals surface area contributed by atoms with Gasteiger partial charge in [-0.15, -0.1) is 11.3 Å². The van der Waals surface area contributed by atoms with Crippen LogP contribution in [0.5, 0.6) is 0 Å². The van der Waals surface area contributed by atoms with Crippen molar-refractivity contribution in [3.8, 4) is 0 Å². The lowest BCUT2D eigenvalue weighted by Crippen LogP contribution is -2.49. The molecule has 1 N–H and O–H groups in total. The molecular weight excluding hydrogens is 396 g/mol. The Kier molecular flexibility index (Phi) is 8.43. The van der Waals surface area contributed by atoms with Gasteiger partial charge in [0, 0.05) is 38.2 Å². The summed E-state index contributed by atoms with van der Waals surface area (Å²) in [6.07, 6.45) is 9.05. The number of nitrogens with one attached hydrogen (secondary N) is 1. The summed E-state index contributed by atoms with van der Waals surface area (Å²) in [5.41, 5.74) is 0. The van der Waals surface area contributed by atoms with E-state index in [-0.39, 0.29) is 0 Å². The molecule has 7 heteroatoms. The molecule has 0 saturated carbocycles. The van der Waals surface area contributed by atoms with Crippen LogP contribution in [0.2, 0.25) is 0 Å². The fourth-order valence-corrected chi connectivity index (χ4v) is 5.74. The lowest BCUT2D eigenvalue weighted by Gasteiger charge is -2.36. The van der Waals surface area contributed by atoms with Gasteiger partial charge in [-0.05, 0) is 69.5 Å². The summed E-state index contributed by atoms with van der Waals surface area (Å²) in [6.45, 7) is 7.00. The highest BCUT2D eigenvalue weighted by atomic mass is 32.1. The molecule has 0 bridgehead atoms. The van der Waals surface area contributed by atoms with Gasteiger partial charge < -0.3 is 19.7 Å². The van der Waals surface area contributed by atoms with Gasteiger partial charge in [0.1, 0.15) is 0 Å². The largest absolute Gasteiger partial charge is 0.376 e. The van der Waals surface area contributed by atoms with E-state index in [1.807, 2.05) is 18.4 Å². The SMILES string of the molecule is CN=C(NCC(c1cccs1)N1CCCC1)N1CCC(OCC2CCCCO2)CC1. The zero-order valence-corrected chi connectivity index (χ0v) is 19.2. The molecule has 2 atom stereocenters. The summed E-state index contributed by atoms with van der Waals surface area (Å²) < 4.78 is 12.0. The van der Waals surface area contributed by atoms with Crippen molar-refractivity contribution < 1.29 is 9.47 Å². The average molecular weight is 435 g/mol. The minimum absolute atomic E-state index is 0.311. The van der Waals surface area contributed by atoms with Gasteiger partial charge in [0.15, 0.2) is 5.96 Å². The minimum atomic E-state index is 0.311. The lowest BCUT2D eigenvalue weighted by atomic mass is 10.1. The number of hydrogen-bond donors (Lipinski definition) is 1. The van der Waals surface area contributed by atoms with Crippen molar-refractivity contribution >= 4 is 17.3 Å². The van der Waals surface area contributed by atoms with E-state index in [0.717, 1.165) is 58.1 Å². The van der Waals surface area contributed by atoms with Crippen molar-refractivity contribution in [3.05, 3.63) is 22.4 Å². The quantitative estimate of drug-likeness (QED) is 0.526. The Balaban J connectivity index is 1.23. The molecule has 0 aliphatic carbocycles. The van der Waals surface area contributed by atoms with Crippen molar-refractivity contribution in [2.45, 2.75) is 63.2 Å². The number of piperidine rings is 1. The predicted molar refractivity (Wildman–Crippen MR) is 123 cm³/mol. The van der Waals surface area contributed by atoms with Crippen LogP contribution in [0.3, 0.4) is 0 Å². The van der Waals surface area contributed by atoms with Crippen LogP contribution in [0.25, 0.3) is 0 Å². The smallest absolute Gasteiger partial charge is 0.193 e. The van der Waals surface area contributed by atoms with Crippen LogP contribution in [0, 0.1) is 0 Å². The lowest BCUT2D eigenvalue weighted by molar-refractivity contribution is -0.0721. The minimum Gasteiger partial charge on any atom is -0.376 e. The van der Waals surface area contributed by atoms with Crippen molar-refractivity contribution in [2.75, 3.05) is 53.0 Å². The second kappa shape index (κ2) is 11.5. The Morgan fingerprint density at radius 2 is 2.03 bits per heavy atom. The number of likely N-dealkylation sites (tertiary alicyclic amines) is 2. The summed E-state index contributed by atoms with van der Waals surface area (Å²) in [6, 6.07) is 4.89. The van der Waals surface area contributed by atoms with Crippen LogP contribution < -0.4 is 5.32 Å². The molecule has 3 fully saturated rings. The molecule has 0 aromatic carbocycles. The summed E-state index contributed by atoms with van der Waals surface area (Å²) in [5.74, 6) is 1.03. The van der Waals surface area contributed by atoms with Crippen LogP contribution in [0.1, 0.15) is 55.9 Å². The molecule has 0 radical (unpaired) electrons. The van der Waals surface area contributed by atoms with E-state index in [9.17, 15) is 0 Å². The van der Waals surface area contributed by atoms with E-state index >= 15 is 0 Å². The normalized spacial score (nSPS) is 25.6. The summed E-state index contributed by atoms with van der Waals surface area (Å²) in [4.78, 5) is 11.1. The third kappa shape index (κ3) is 5.96. The van der Waals surface area contributed by atoms with Gasteiger partial charge in [0.2, 0.25) is 0 Å². The van der Waals surface area contributed by atoms with Gasteiger partial charge in [-0.1, -0.05) is 6.07 Å². The first-order chi connectivity index (χ1) is 14.8. The maximum Gasteiger partial charge on any atom is 0.193 e. The van der Waals surface area contributed by atoms with Crippen LogP contribution in [-0.4, -0.2) is 81.0 Å². The first kappa shape index (κ1) is 22.1. The summed E-state index contributed by atoms with van der Waals surface area (Å²) in [5, 5.41) is 5.87. The second-order valence-electron chi connectivity index (χ2n) is 8.71. The van der Waals surface area contributed by atoms with E-state index < -0.39 is 0 Å². The van der Waals surface area contributed by atoms with Crippen molar-refractivity contribution in [1.29, 1.82) is 0 Å². The molecule has 168 valence electrons. The van der Waals surface area contributed by atoms with Gasteiger partial charge >= 0.3 is 0 Å². The Morgan fingerprint density at radius 1 is 1.20 bits per heavy atom. The van der Waals surface area contributed by atoms with Crippen LogP contribution >= 0.6 is 11.3 Å². The van der Waals surface area contributed by atoms with E-state index in [1.54, 1.807) is 0 Å². The maximum absolute atomic E-state index is 6.18. The van der Waals surface area contributed by atoms with Crippen LogP contribution in [-0.2, 0) is 9.47 Å². The van der Waals surface area contributed by atoms with Gasteiger partial charge in [-0.25, -0.2) is 0 Å². The topological polar surface area (TPSA) is 49.3 Å². The van der Waals surface area contributed by atoms with E-state index in [4.69, 9.17) is 9.47 Å². The Labute approximate surface area is 185 Å². The Bertz CT molecular complexity index is 634. The zero-order valence-electron chi connectivity index (χ0n) is 18.4. The summed E-state index contributed by atoms with van der Waals surface area (Å²) in [7, 11) is 1.90. The van der Waals surface area contributed by atoms with Crippen molar-refractivity contribution in [1.82, 2.24) is 15.1 Å². The molecule has 30 heavy (non-hydrogen) atoms. The summed E-state index contributed by atoms with van der Waals surface area (Å²) >= 11 is 1.87. The number of aliphatic imine (C=N–C) groups is 1. The molecule has 1 aromatic heterocycles. The fraction of sp³-hybridized carbons (Fsp3) is 0.783. The van der Waals surface area contributed by atoms with Crippen LogP contribution in [0.15, 0.2) is 22.5 Å². The molecule has 3 aliphatic heterocycles. The molecule has 4 rings (SSSR count). The standard InChI is InChI=1S/C23H38N4O2S/c1-24-23(25-17-21(22-8-6-16-30-22)26-11-3-4-12-26)27-13-9-19(10-14-27)29-18-20-7-2-5-15-28-20/h6,8,16,19-21H,2-5,7,9-15,17-18H2,1H3,(H,24,25). The zero-order chi connectivity index (χ0) is 20.6. The Hall–Kier alpha value is -1.15. The highest BCUT2D eigenvalue weighted by Crippen LogP contribution is 2.28. The molecular formula is C23H38N4O2S. The fourth-order valence-electron chi connectivity index (χ4n) is 4.88. The first-order valence-electron chi connectivity index (χ1n) is 11.8. The number of rotatable bonds is 7. The third-order valence-electron chi connectivity index (χ3n) is 6.65. The van der Waals surface area contributed by atoms with Gasteiger partial charge in [0.25, 0.3) is 0 Å². The average Bonchev–Trinajstić information content (AvgIpc) is 3.52. The van der Waals surface area contributed by atoms with Gasteiger partial charge in [-0.3, -0.25) is 9.89 Å². The second-order valence-corrected chi connectivity index (χ2v) is 9.69. The van der Waals surface area contributed by atoms with Crippen molar-refractivity contribution in [3.63, 3.8) is 0 Å². The Morgan fingerprint density at radius 3 is 2.70 bits per heavy atom. The van der Waals surface area contributed by atoms with E-state index in [0.29, 0.717) is 18.2 Å². The molecule has 2 unspecified atom stereocenters.